The lowest BCUT2D eigenvalue weighted by Gasteiger charge is -2.11. The van der Waals surface area contributed by atoms with E-state index in [2.05, 4.69) is 15.5 Å². The molecular weight excluding hydrogens is 267 g/mol. The van der Waals surface area contributed by atoms with Gasteiger partial charge in [0, 0.05) is 12.7 Å². The highest BCUT2D eigenvalue weighted by atomic mass is 32.2. The maximum Gasteiger partial charge on any atom is 0.237 e. The molecule has 0 spiro atoms. The van der Waals surface area contributed by atoms with Crippen LogP contribution in [0.3, 0.4) is 0 Å². The summed E-state index contributed by atoms with van der Waals surface area (Å²) in [4.78, 5) is 11.9. The van der Waals surface area contributed by atoms with E-state index in [-0.39, 0.29) is 17.0 Å². The second-order valence-electron chi connectivity index (χ2n) is 3.98. The van der Waals surface area contributed by atoms with Gasteiger partial charge in [0.15, 0.2) is 5.16 Å². The molecule has 1 aromatic carbocycles. The van der Waals surface area contributed by atoms with Gasteiger partial charge in [0.2, 0.25) is 5.91 Å². The van der Waals surface area contributed by atoms with E-state index in [0.29, 0.717) is 10.8 Å². The van der Waals surface area contributed by atoms with Crippen molar-refractivity contribution in [3.8, 4) is 0 Å². The number of hydrogen-bond donors (Lipinski definition) is 1. The first kappa shape index (κ1) is 13.5. The number of halogens is 1. The maximum atomic E-state index is 13.0. The molecule has 0 aliphatic heterocycles. The van der Waals surface area contributed by atoms with Crippen LogP contribution in [-0.2, 0) is 11.8 Å². The summed E-state index contributed by atoms with van der Waals surface area (Å²) in [5.41, 5.74) is 0.440. The lowest BCUT2D eigenvalue weighted by molar-refractivity contribution is -0.115. The Bertz CT molecular complexity index is 587. The Hall–Kier alpha value is -1.89. The number of aromatic nitrogens is 3. The van der Waals surface area contributed by atoms with Crippen molar-refractivity contribution in [1.29, 1.82) is 0 Å². The first-order chi connectivity index (χ1) is 9.06. The van der Waals surface area contributed by atoms with Gasteiger partial charge in [-0.05, 0) is 25.1 Å². The molecule has 0 unspecified atom stereocenters. The van der Waals surface area contributed by atoms with E-state index in [1.807, 2.05) is 0 Å². The van der Waals surface area contributed by atoms with Crippen LogP contribution in [-0.4, -0.2) is 25.9 Å². The summed E-state index contributed by atoms with van der Waals surface area (Å²) in [5, 5.41) is 10.6. The van der Waals surface area contributed by atoms with Crippen molar-refractivity contribution in [3.05, 3.63) is 36.4 Å². The molecule has 0 fully saturated rings. The fourth-order valence-electron chi connectivity index (χ4n) is 1.40. The molecule has 100 valence electrons. The molecule has 5 nitrogen and oxygen atoms in total. The molecular formula is C12H13FN4OS. The summed E-state index contributed by atoms with van der Waals surface area (Å²) in [6.45, 7) is 1.76. The third kappa shape index (κ3) is 3.54. The van der Waals surface area contributed by atoms with Crippen LogP contribution in [0.5, 0.6) is 0 Å². The van der Waals surface area contributed by atoms with E-state index in [9.17, 15) is 9.18 Å². The minimum absolute atomic E-state index is 0.210. The molecule has 0 radical (unpaired) electrons. The normalized spacial score (nSPS) is 12.2. The zero-order valence-corrected chi connectivity index (χ0v) is 11.3. The number of nitrogens with zero attached hydrogens (tertiary/aromatic N) is 3. The largest absolute Gasteiger partial charge is 0.325 e. The van der Waals surface area contributed by atoms with Gasteiger partial charge in [0.1, 0.15) is 12.1 Å². The Morgan fingerprint density at radius 1 is 1.53 bits per heavy atom. The van der Waals surface area contributed by atoms with Crippen molar-refractivity contribution in [1.82, 2.24) is 14.8 Å². The molecule has 2 aromatic rings. The third-order valence-corrected chi connectivity index (χ3v) is 3.56. The molecule has 1 heterocycles. The molecule has 1 atom stereocenters. The Labute approximate surface area is 114 Å². The molecule has 1 aromatic heterocycles. The number of rotatable bonds is 4. The van der Waals surface area contributed by atoms with Gasteiger partial charge in [-0.2, -0.15) is 0 Å². The standard InChI is InChI=1S/C12H13FN4OS/c1-8(19-12-16-14-7-17(12)2)11(18)15-10-5-3-4-9(13)6-10/h3-8H,1-2H3,(H,15,18)/t8-/m0/s1. The van der Waals surface area contributed by atoms with Crippen LogP contribution >= 0.6 is 11.8 Å². The van der Waals surface area contributed by atoms with E-state index in [1.165, 1.54) is 23.9 Å². The Morgan fingerprint density at radius 3 is 2.95 bits per heavy atom. The molecule has 0 saturated carbocycles. The summed E-state index contributed by atoms with van der Waals surface area (Å²) < 4.78 is 14.7. The molecule has 7 heteroatoms. The second-order valence-corrected chi connectivity index (χ2v) is 5.29. The van der Waals surface area contributed by atoms with E-state index in [1.54, 1.807) is 37.0 Å². The monoisotopic (exact) mass is 280 g/mol. The number of benzene rings is 1. The molecule has 0 saturated heterocycles. The number of amides is 1. The lowest BCUT2D eigenvalue weighted by atomic mass is 10.3. The summed E-state index contributed by atoms with van der Waals surface area (Å²) in [7, 11) is 1.81. The average molecular weight is 280 g/mol. The number of aryl methyl sites for hydroxylation is 1. The highest BCUT2D eigenvalue weighted by Gasteiger charge is 2.17. The Balaban J connectivity index is 1.98. The zero-order chi connectivity index (χ0) is 13.8. The van der Waals surface area contributed by atoms with E-state index in [4.69, 9.17) is 0 Å². The average Bonchev–Trinajstić information content (AvgIpc) is 2.75. The predicted octanol–water partition coefficient (Wildman–Crippen LogP) is 2.07. The summed E-state index contributed by atoms with van der Waals surface area (Å²) >= 11 is 1.29. The molecule has 0 bridgehead atoms. The van der Waals surface area contributed by atoms with Crippen molar-refractivity contribution < 1.29 is 9.18 Å². The van der Waals surface area contributed by atoms with Crippen LogP contribution in [0.4, 0.5) is 10.1 Å². The highest BCUT2D eigenvalue weighted by Crippen LogP contribution is 2.21. The third-order valence-electron chi connectivity index (χ3n) is 2.41. The quantitative estimate of drug-likeness (QED) is 0.871. The predicted molar refractivity (Wildman–Crippen MR) is 71.4 cm³/mol. The van der Waals surface area contributed by atoms with Gasteiger partial charge in [-0.25, -0.2) is 4.39 Å². The van der Waals surface area contributed by atoms with Gasteiger partial charge in [0.05, 0.1) is 5.25 Å². The van der Waals surface area contributed by atoms with Gasteiger partial charge in [0.25, 0.3) is 0 Å². The summed E-state index contributed by atoms with van der Waals surface area (Å²) in [6, 6.07) is 5.79. The Morgan fingerprint density at radius 2 is 2.32 bits per heavy atom. The fourth-order valence-corrected chi connectivity index (χ4v) is 2.19. The number of hydrogen-bond acceptors (Lipinski definition) is 4. The Kier molecular flexibility index (Phi) is 4.16. The topological polar surface area (TPSA) is 59.8 Å². The SMILES string of the molecule is C[C@H](Sc1nncn1C)C(=O)Nc1cccc(F)c1. The van der Waals surface area contributed by atoms with Gasteiger partial charge in [-0.15, -0.1) is 10.2 Å². The van der Waals surface area contributed by atoms with Crippen molar-refractivity contribution in [2.45, 2.75) is 17.3 Å². The highest BCUT2D eigenvalue weighted by molar-refractivity contribution is 8.00. The number of thioether (sulfide) groups is 1. The molecule has 0 aliphatic carbocycles. The number of carbonyl (C=O) groups excluding carboxylic acids is 1. The van der Waals surface area contributed by atoms with E-state index < -0.39 is 0 Å². The van der Waals surface area contributed by atoms with Gasteiger partial charge in [-0.1, -0.05) is 17.8 Å². The maximum absolute atomic E-state index is 13.0. The van der Waals surface area contributed by atoms with Gasteiger partial charge in [-0.3, -0.25) is 4.79 Å². The van der Waals surface area contributed by atoms with Crippen LogP contribution in [0.1, 0.15) is 6.92 Å². The van der Waals surface area contributed by atoms with E-state index in [0.717, 1.165) is 0 Å². The van der Waals surface area contributed by atoms with E-state index >= 15 is 0 Å². The van der Waals surface area contributed by atoms with Crippen LogP contribution in [0.15, 0.2) is 35.7 Å². The zero-order valence-electron chi connectivity index (χ0n) is 10.5. The van der Waals surface area contributed by atoms with Crippen molar-refractivity contribution in [3.63, 3.8) is 0 Å². The molecule has 1 N–H and O–H groups in total. The molecule has 2 rings (SSSR count). The molecule has 1 amide bonds. The number of nitrogens with one attached hydrogen (secondary N) is 1. The van der Waals surface area contributed by atoms with Gasteiger partial charge < -0.3 is 9.88 Å². The smallest absolute Gasteiger partial charge is 0.237 e. The fraction of sp³-hybridized carbons (Fsp3) is 0.250. The van der Waals surface area contributed by atoms with Crippen LogP contribution in [0.2, 0.25) is 0 Å². The summed E-state index contributed by atoms with van der Waals surface area (Å²) in [5.74, 6) is -0.593. The van der Waals surface area contributed by atoms with Crippen molar-refractivity contribution in [2.24, 2.45) is 7.05 Å². The molecule has 19 heavy (non-hydrogen) atoms. The first-order valence-electron chi connectivity index (χ1n) is 5.63. The van der Waals surface area contributed by atoms with Crippen LogP contribution < -0.4 is 5.32 Å². The van der Waals surface area contributed by atoms with Crippen LogP contribution in [0.25, 0.3) is 0 Å². The first-order valence-corrected chi connectivity index (χ1v) is 6.51. The van der Waals surface area contributed by atoms with Crippen molar-refractivity contribution >= 4 is 23.4 Å². The number of carbonyl (C=O) groups is 1. The second kappa shape index (κ2) is 5.83. The van der Waals surface area contributed by atoms with Crippen molar-refractivity contribution in [2.75, 3.05) is 5.32 Å². The summed E-state index contributed by atoms with van der Waals surface area (Å²) in [6.07, 6.45) is 1.57. The minimum Gasteiger partial charge on any atom is -0.325 e. The lowest BCUT2D eigenvalue weighted by Crippen LogP contribution is -2.22. The number of anilines is 1. The van der Waals surface area contributed by atoms with Gasteiger partial charge >= 0.3 is 0 Å². The molecule has 0 aliphatic rings. The minimum atomic E-state index is -0.383. The van der Waals surface area contributed by atoms with Crippen LogP contribution in [0, 0.1) is 5.82 Å².